The highest BCUT2D eigenvalue weighted by atomic mass is 19.1. The van der Waals surface area contributed by atoms with Crippen molar-refractivity contribution in [2.45, 2.75) is 25.3 Å². The molecular formula is C23H18F2N4O3. The molecule has 0 spiro atoms. The second-order valence-electron chi connectivity index (χ2n) is 7.16. The van der Waals surface area contributed by atoms with Crippen molar-refractivity contribution in [3.05, 3.63) is 88.7 Å². The molecule has 3 aromatic rings. The standard InChI is InChI=1S/C23H18F2N4O3/c24-17-6-7-18(29-23(31)32-12-13-4-2-1-3-5-13)20(25)19(17)21(30)16-11-28-22-15(16)8-14(9-26)10-27-22/h1-5,7-8,10-11,17,21,30H,6,12H2,(H,27,28)(H,29,31)/t17-,21?/m0/s1. The summed E-state index contributed by atoms with van der Waals surface area (Å²) in [4.78, 5) is 19.0. The first-order valence-corrected chi connectivity index (χ1v) is 9.75. The van der Waals surface area contributed by atoms with Gasteiger partial charge in [-0.1, -0.05) is 36.4 Å². The molecule has 3 N–H and O–H groups in total. The third kappa shape index (κ3) is 4.22. The van der Waals surface area contributed by atoms with Crippen molar-refractivity contribution in [3.8, 4) is 6.07 Å². The summed E-state index contributed by atoms with van der Waals surface area (Å²) >= 11 is 0. The number of pyridine rings is 1. The van der Waals surface area contributed by atoms with Crippen molar-refractivity contribution in [1.29, 1.82) is 5.26 Å². The molecule has 1 unspecified atom stereocenters. The molecular weight excluding hydrogens is 418 g/mol. The fourth-order valence-corrected chi connectivity index (χ4v) is 3.48. The van der Waals surface area contributed by atoms with E-state index >= 15 is 4.39 Å². The number of allylic oxidation sites excluding steroid dienone is 2. The van der Waals surface area contributed by atoms with Crippen molar-refractivity contribution in [3.63, 3.8) is 0 Å². The van der Waals surface area contributed by atoms with Crippen LogP contribution in [0.4, 0.5) is 13.6 Å². The van der Waals surface area contributed by atoms with Crippen molar-refractivity contribution >= 4 is 17.1 Å². The Hall–Kier alpha value is -4.03. The first kappa shape index (κ1) is 21.2. The van der Waals surface area contributed by atoms with Crippen molar-refractivity contribution in [2.24, 2.45) is 0 Å². The van der Waals surface area contributed by atoms with E-state index in [1.807, 2.05) is 12.1 Å². The number of hydrogen-bond acceptors (Lipinski definition) is 5. The molecule has 0 radical (unpaired) electrons. The summed E-state index contributed by atoms with van der Waals surface area (Å²) in [6.45, 7) is -0.0178. The van der Waals surface area contributed by atoms with Crippen LogP contribution in [0.2, 0.25) is 0 Å². The van der Waals surface area contributed by atoms with Crippen LogP contribution in [-0.2, 0) is 11.3 Å². The number of alkyl halides is 1. The zero-order valence-corrected chi connectivity index (χ0v) is 16.7. The molecule has 1 aromatic carbocycles. The van der Waals surface area contributed by atoms with E-state index in [4.69, 9.17) is 10.00 Å². The van der Waals surface area contributed by atoms with Gasteiger partial charge in [-0.15, -0.1) is 0 Å². The molecule has 0 saturated heterocycles. The minimum atomic E-state index is -1.80. The van der Waals surface area contributed by atoms with Crippen molar-refractivity contribution in [1.82, 2.24) is 15.3 Å². The number of nitriles is 1. The molecule has 9 heteroatoms. The molecule has 162 valence electrons. The molecule has 0 bridgehead atoms. The lowest BCUT2D eigenvalue weighted by Gasteiger charge is -2.24. The number of aromatic amines is 1. The van der Waals surface area contributed by atoms with E-state index < -0.39 is 29.8 Å². The van der Waals surface area contributed by atoms with Crippen LogP contribution in [0.5, 0.6) is 0 Å². The number of nitrogens with one attached hydrogen (secondary N) is 2. The predicted octanol–water partition coefficient (Wildman–Crippen LogP) is 4.24. The van der Waals surface area contributed by atoms with Crippen LogP contribution in [0.3, 0.4) is 0 Å². The average molecular weight is 436 g/mol. The third-order valence-electron chi connectivity index (χ3n) is 5.09. The molecule has 0 aliphatic heterocycles. The molecule has 0 saturated carbocycles. The van der Waals surface area contributed by atoms with E-state index in [2.05, 4.69) is 15.3 Å². The largest absolute Gasteiger partial charge is 0.444 e. The van der Waals surface area contributed by atoms with E-state index in [0.717, 1.165) is 5.56 Å². The summed E-state index contributed by atoms with van der Waals surface area (Å²) < 4.78 is 34.9. The highest BCUT2D eigenvalue weighted by molar-refractivity contribution is 5.82. The van der Waals surface area contributed by atoms with Gasteiger partial charge in [0.25, 0.3) is 0 Å². The van der Waals surface area contributed by atoms with Crippen LogP contribution in [-0.4, -0.2) is 27.3 Å². The second kappa shape index (κ2) is 8.99. The highest BCUT2D eigenvalue weighted by Gasteiger charge is 2.33. The molecule has 1 aliphatic rings. The van der Waals surface area contributed by atoms with E-state index in [1.54, 1.807) is 24.3 Å². The number of carbonyl (C=O) groups is 1. The number of ether oxygens (including phenoxy) is 1. The number of H-pyrrole nitrogens is 1. The Balaban J connectivity index is 1.55. The number of nitrogens with zero attached hydrogens (tertiary/aromatic N) is 2. The highest BCUT2D eigenvalue weighted by Crippen LogP contribution is 2.38. The van der Waals surface area contributed by atoms with Gasteiger partial charge in [0.15, 0.2) is 5.83 Å². The summed E-state index contributed by atoms with van der Waals surface area (Å²) in [5.74, 6) is -1.08. The van der Waals surface area contributed by atoms with Crippen LogP contribution in [0.1, 0.15) is 29.2 Å². The summed E-state index contributed by atoms with van der Waals surface area (Å²) in [6, 6.07) is 12.3. The average Bonchev–Trinajstić information content (AvgIpc) is 3.23. The number of carbonyl (C=O) groups excluding carboxylic acids is 1. The number of alkyl carbamates (subject to hydrolysis) is 1. The Kier molecular flexibility index (Phi) is 5.96. The van der Waals surface area contributed by atoms with Gasteiger partial charge in [0.1, 0.15) is 30.6 Å². The van der Waals surface area contributed by atoms with Gasteiger partial charge in [0.2, 0.25) is 0 Å². The smallest absolute Gasteiger partial charge is 0.412 e. The first-order chi connectivity index (χ1) is 15.5. The predicted molar refractivity (Wildman–Crippen MR) is 111 cm³/mol. The Morgan fingerprint density at radius 2 is 2.19 bits per heavy atom. The van der Waals surface area contributed by atoms with Crippen LogP contribution in [0, 0.1) is 11.3 Å². The minimum Gasteiger partial charge on any atom is -0.444 e. The lowest BCUT2D eigenvalue weighted by Crippen LogP contribution is -2.28. The Morgan fingerprint density at radius 3 is 2.94 bits per heavy atom. The Labute approximate surface area is 181 Å². The molecule has 0 fully saturated rings. The molecule has 1 amide bonds. The molecule has 32 heavy (non-hydrogen) atoms. The number of halogens is 2. The van der Waals surface area contributed by atoms with Crippen molar-refractivity contribution in [2.75, 3.05) is 0 Å². The van der Waals surface area contributed by atoms with Crippen LogP contribution < -0.4 is 5.32 Å². The van der Waals surface area contributed by atoms with Crippen LogP contribution in [0.15, 0.2) is 72.0 Å². The SMILES string of the molecule is N#Cc1cnc2[nH]cc(C(O)C3=C(F)C(NC(=O)OCc4ccccc4)=CC[C@@H]3F)c2c1. The number of amides is 1. The fraction of sp³-hybridized carbons (Fsp3) is 0.174. The number of aliphatic hydroxyl groups is 1. The number of aliphatic hydroxyl groups excluding tert-OH is 1. The van der Waals surface area contributed by atoms with Gasteiger partial charge in [-0.2, -0.15) is 5.26 Å². The number of rotatable bonds is 5. The molecule has 1 aliphatic carbocycles. The van der Waals surface area contributed by atoms with Gasteiger partial charge in [0.05, 0.1) is 11.3 Å². The maximum absolute atomic E-state index is 15.1. The molecule has 2 aromatic heterocycles. The lowest BCUT2D eigenvalue weighted by molar-refractivity contribution is 0.141. The zero-order valence-electron chi connectivity index (χ0n) is 16.7. The quantitative estimate of drug-likeness (QED) is 0.554. The monoisotopic (exact) mass is 436 g/mol. The lowest BCUT2D eigenvalue weighted by atomic mass is 9.91. The third-order valence-corrected chi connectivity index (χ3v) is 5.09. The minimum absolute atomic E-state index is 0.0178. The van der Waals surface area contributed by atoms with Gasteiger partial charge in [-0.05, 0) is 11.6 Å². The summed E-state index contributed by atoms with van der Waals surface area (Å²) in [5, 5.41) is 22.5. The molecule has 2 atom stereocenters. The van der Waals surface area contributed by atoms with E-state index in [0.29, 0.717) is 11.0 Å². The van der Waals surface area contributed by atoms with Gasteiger partial charge < -0.3 is 14.8 Å². The van der Waals surface area contributed by atoms with Gasteiger partial charge in [0, 0.05) is 35.3 Å². The normalized spacial score (nSPS) is 16.9. The van der Waals surface area contributed by atoms with Gasteiger partial charge in [-0.25, -0.2) is 18.6 Å². The summed E-state index contributed by atoms with van der Waals surface area (Å²) in [6.07, 6.45) is -0.664. The topological polar surface area (TPSA) is 111 Å². The number of fused-ring (bicyclic) bond motifs is 1. The Morgan fingerprint density at radius 1 is 1.41 bits per heavy atom. The summed E-state index contributed by atoms with van der Waals surface area (Å²) in [7, 11) is 0. The maximum atomic E-state index is 15.1. The summed E-state index contributed by atoms with van der Waals surface area (Å²) in [5.41, 5.74) is 0.731. The Bertz CT molecular complexity index is 1260. The van der Waals surface area contributed by atoms with Crippen LogP contribution in [0.25, 0.3) is 11.0 Å². The van der Waals surface area contributed by atoms with Crippen molar-refractivity contribution < 1.29 is 23.4 Å². The zero-order chi connectivity index (χ0) is 22.7. The number of hydrogen-bond donors (Lipinski definition) is 3. The van der Waals surface area contributed by atoms with Gasteiger partial charge >= 0.3 is 6.09 Å². The van der Waals surface area contributed by atoms with Gasteiger partial charge in [-0.3, -0.25) is 5.32 Å². The van der Waals surface area contributed by atoms with E-state index in [9.17, 15) is 14.3 Å². The van der Waals surface area contributed by atoms with E-state index in [-0.39, 0.29) is 29.9 Å². The molecule has 2 heterocycles. The number of benzene rings is 1. The fourth-order valence-electron chi connectivity index (χ4n) is 3.48. The number of aromatic nitrogens is 2. The molecule has 7 nitrogen and oxygen atoms in total. The second-order valence-corrected chi connectivity index (χ2v) is 7.16. The first-order valence-electron chi connectivity index (χ1n) is 9.75. The molecule has 4 rings (SSSR count). The van der Waals surface area contributed by atoms with E-state index in [1.165, 1.54) is 24.5 Å². The maximum Gasteiger partial charge on any atom is 0.412 e. The van der Waals surface area contributed by atoms with Crippen LogP contribution >= 0.6 is 0 Å².